The molecule has 0 spiro atoms. The number of rotatable bonds is 1. The Balaban J connectivity index is 2.39. The Morgan fingerprint density at radius 3 is 2.87 bits per heavy atom. The van der Waals surface area contributed by atoms with Crippen LogP contribution in [-0.4, -0.2) is 13.0 Å². The molecule has 0 fully saturated rings. The summed E-state index contributed by atoms with van der Waals surface area (Å²) in [4.78, 5) is 11.3. The smallest absolute Gasteiger partial charge is 0.286 e. The third kappa shape index (κ3) is 1.86. The van der Waals surface area contributed by atoms with Gasteiger partial charge in [0.2, 0.25) is 0 Å². The van der Waals surface area contributed by atoms with Crippen molar-refractivity contribution in [2.24, 2.45) is 5.92 Å². The maximum atomic E-state index is 11.3. The fraction of sp³-hybridized carbons (Fsp3) is 0.250. The summed E-state index contributed by atoms with van der Waals surface area (Å²) < 4.78 is 5.44. The molecule has 1 N–H and O–H groups in total. The third-order valence-electron chi connectivity index (χ3n) is 2.37. The van der Waals surface area contributed by atoms with Crippen molar-refractivity contribution in [2.45, 2.75) is 6.92 Å². The predicted octanol–water partition coefficient (Wildman–Crippen LogP) is 2.32. The van der Waals surface area contributed by atoms with Crippen LogP contribution in [0.25, 0.3) is 12.2 Å². The van der Waals surface area contributed by atoms with Crippen LogP contribution in [0.5, 0.6) is 0 Å². The molecule has 15 heavy (non-hydrogen) atoms. The van der Waals surface area contributed by atoms with Gasteiger partial charge in [-0.25, -0.2) is 0 Å². The molecule has 0 saturated carbocycles. The Hall–Kier alpha value is -1.77. The van der Waals surface area contributed by atoms with Crippen molar-refractivity contribution >= 4 is 18.1 Å². The summed E-state index contributed by atoms with van der Waals surface area (Å²) in [6.07, 6.45) is 8.01. The van der Waals surface area contributed by atoms with Crippen LogP contribution in [0.2, 0.25) is 0 Å². The molecule has 0 bridgehead atoms. The number of nitrogens with one attached hydrogen (secondary N) is 1. The molecule has 3 heteroatoms. The van der Waals surface area contributed by atoms with Crippen molar-refractivity contribution in [3.8, 4) is 0 Å². The summed E-state index contributed by atoms with van der Waals surface area (Å²) in [7, 11) is 1.59. The van der Waals surface area contributed by atoms with Gasteiger partial charge in [0, 0.05) is 12.6 Å². The molecule has 0 aliphatic heterocycles. The Morgan fingerprint density at radius 1 is 1.40 bits per heavy atom. The molecule has 0 aromatic carbocycles. The minimum Gasteiger partial charge on any atom is -0.451 e. The second-order valence-corrected chi connectivity index (χ2v) is 3.59. The van der Waals surface area contributed by atoms with Crippen molar-refractivity contribution in [1.29, 1.82) is 0 Å². The molecule has 1 heterocycles. The van der Waals surface area contributed by atoms with E-state index in [0.717, 1.165) is 11.3 Å². The zero-order chi connectivity index (χ0) is 10.8. The number of carbonyl (C=O) groups excluding carboxylic acids is 1. The highest BCUT2D eigenvalue weighted by Crippen LogP contribution is 2.23. The van der Waals surface area contributed by atoms with Crippen LogP contribution in [0, 0.1) is 5.92 Å². The summed E-state index contributed by atoms with van der Waals surface area (Å²) >= 11 is 0. The highest BCUT2D eigenvalue weighted by molar-refractivity contribution is 5.92. The van der Waals surface area contributed by atoms with Crippen molar-refractivity contribution in [3.63, 3.8) is 0 Å². The average Bonchev–Trinajstić information content (AvgIpc) is 2.58. The lowest BCUT2D eigenvalue weighted by Gasteiger charge is -1.93. The van der Waals surface area contributed by atoms with E-state index in [1.54, 1.807) is 13.1 Å². The first-order valence-corrected chi connectivity index (χ1v) is 4.93. The van der Waals surface area contributed by atoms with Crippen molar-refractivity contribution < 1.29 is 9.21 Å². The normalized spacial score (nSPS) is 18.4. The topological polar surface area (TPSA) is 42.2 Å². The van der Waals surface area contributed by atoms with Crippen LogP contribution in [0.1, 0.15) is 28.8 Å². The highest BCUT2D eigenvalue weighted by Gasteiger charge is 2.13. The molecule has 1 aliphatic carbocycles. The van der Waals surface area contributed by atoms with Crippen LogP contribution < -0.4 is 5.32 Å². The predicted molar refractivity (Wildman–Crippen MR) is 59.3 cm³/mol. The third-order valence-corrected chi connectivity index (χ3v) is 2.37. The largest absolute Gasteiger partial charge is 0.451 e. The fourth-order valence-corrected chi connectivity index (χ4v) is 1.47. The molecule has 1 atom stereocenters. The second kappa shape index (κ2) is 3.77. The van der Waals surface area contributed by atoms with Crippen LogP contribution in [0.3, 0.4) is 0 Å². The van der Waals surface area contributed by atoms with Gasteiger partial charge >= 0.3 is 0 Å². The number of carbonyl (C=O) groups is 1. The first kappa shape index (κ1) is 9.77. The van der Waals surface area contributed by atoms with E-state index in [2.05, 4.69) is 18.3 Å². The lowest BCUT2D eigenvalue weighted by molar-refractivity contribution is 0.0935. The Bertz CT molecular complexity index is 409. The van der Waals surface area contributed by atoms with Gasteiger partial charge in [0.25, 0.3) is 5.91 Å². The fourth-order valence-electron chi connectivity index (χ4n) is 1.47. The minimum atomic E-state index is -0.196. The second-order valence-electron chi connectivity index (χ2n) is 3.59. The quantitative estimate of drug-likeness (QED) is 0.761. The maximum absolute atomic E-state index is 11.3. The van der Waals surface area contributed by atoms with Gasteiger partial charge in [-0.3, -0.25) is 4.79 Å². The van der Waals surface area contributed by atoms with E-state index in [-0.39, 0.29) is 5.91 Å². The van der Waals surface area contributed by atoms with E-state index >= 15 is 0 Å². The Labute approximate surface area is 88.5 Å². The molecule has 1 aromatic heterocycles. The molecule has 1 amide bonds. The zero-order valence-corrected chi connectivity index (χ0v) is 8.78. The first-order valence-electron chi connectivity index (χ1n) is 4.93. The summed E-state index contributed by atoms with van der Waals surface area (Å²) in [5.41, 5.74) is 0.953. The van der Waals surface area contributed by atoms with E-state index in [1.807, 2.05) is 18.2 Å². The first-order chi connectivity index (χ1) is 7.20. The molecular formula is C12H13NO2. The van der Waals surface area contributed by atoms with Gasteiger partial charge in [-0.2, -0.15) is 0 Å². The van der Waals surface area contributed by atoms with Gasteiger partial charge < -0.3 is 9.73 Å². The van der Waals surface area contributed by atoms with Crippen molar-refractivity contribution in [2.75, 3.05) is 7.05 Å². The van der Waals surface area contributed by atoms with Crippen LogP contribution in [0.15, 0.2) is 22.6 Å². The SMILES string of the molecule is CNC(=O)c1cc2c(o1)C=CC(C)C=C2. The average molecular weight is 203 g/mol. The monoisotopic (exact) mass is 203 g/mol. The number of furan rings is 1. The maximum Gasteiger partial charge on any atom is 0.286 e. The van der Waals surface area contributed by atoms with Crippen molar-refractivity contribution in [3.05, 3.63) is 35.3 Å². The molecule has 2 rings (SSSR count). The molecule has 1 aliphatic rings. The molecule has 1 unspecified atom stereocenters. The molecule has 3 nitrogen and oxygen atoms in total. The van der Waals surface area contributed by atoms with E-state index in [9.17, 15) is 4.79 Å². The van der Waals surface area contributed by atoms with E-state index in [1.165, 1.54) is 0 Å². The van der Waals surface area contributed by atoms with Gasteiger partial charge in [0.1, 0.15) is 5.76 Å². The Kier molecular flexibility index (Phi) is 2.46. The van der Waals surface area contributed by atoms with Crippen molar-refractivity contribution in [1.82, 2.24) is 5.32 Å². The standard InChI is InChI=1S/C12H13NO2/c1-8-3-5-9-7-11(12(14)13-2)15-10(9)6-4-8/h3-8H,1-2H3,(H,13,14). The summed E-state index contributed by atoms with van der Waals surface area (Å²) in [5.74, 6) is 1.30. The molecular weight excluding hydrogens is 190 g/mol. The van der Waals surface area contributed by atoms with Gasteiger partial charge in [-0.1, -0.05) is 25.2 Å². The lowest BCUT2D eigenvalue weighted by atomic mass is 10.1. The van der Waals surface area contributed by atoms with Gasteiger partial charge in [0.05, 0.1) is 0 Å². The number of amides is 1. The number of hydrogen-bond donors (Lipinski definition) is 1. The van der Waals surface area contributed by atoms with E-state index in [0.29, 0.717) is 11.7 Å². The van der Waals surface area contributed by atoms with E-state index < -0.39 is 0 Å². The molecule has 1 aromatic rings. The number of allylic oxidation sites excluding steroid dienone is 2. The van der Waals surface area contributed by atoms with E-state index in [4.69, 9.17) is 4.42 Å². The Morgan fingerprint density at radius 2 is 2.13 bits per heavy atom. The zero-order valence-electron chi connectivity index (χ0n) is 8.78. The lowest BCUT2D eigenvalue weighted by Crippen LogP contribution is -2.16. The summed E-state index contributed by atoms with van der Waals surface area (Å²) in [5, 5.41) is 2.53. The van der Waals surface area contributed by atoms with Gasteiger partial charge in [-0.15, -0.1) is 0 Å². The number of hydrogen-bond acceptors (Lipinski definition) is 2. The highest BCUT2D eigenvalue weighted by atomic mass is 16.3. The molecule has 0 radical (unpaired) electrons. The summed E-state index contributed by atoms with van der Waals surface area (Å²) in [6, 6.07) is 1.76. The van der Waals surface area contributed by atoms with Crippen LogP contribution in [0.4, 0.5) is 0 Å². The minimum absolute atomic E-state index is 0.196. The molecule has 0 saturated heterocycles. The van der Waals surface area contributed by atoms with Crippen LogP contribution >= 0.6 is 0 Å². The van der Waals surface area contributed by atoms with Gasteiger partial charge in [0.15, 0.2) is 5.76 Å². The van der Waals surface area contributed by atoms with Crippen LogP contribution in [-0.2, 0) is 0 Å². The van der Waals surface area contributed by atoms with Gasteiger partial charge in [-0.05, 0) is 18.1 Å². The summed E-state index contributed by atoms with van der Waals surface area (Å²) in [6.45, 7) is 2.10. The molecule has 78 valence electrons. The number of fused-ring (bicyclic) bond motifs is 1.